The second kappa shape index (κ2) is 7.07. The number of hydrogen-bond donors (Lipinski definition) is 3. The summed E-state index contributed by atoms with van der Waals surface area (Å²) in [5.41, 5.74) is 5.97. The summed E-state index contributed by atoms with van der Waals surface area (Å²) in [7, 11) is 0. The van der Waals surface area contributed by atoms with E-state index in [1.807, 2.05) is 0 Å². The van der Waals surface area contributed by atoms with Gasteiger partial charge in [-0.2, -0.15) is 0 Å². The van der Waals surface area contributed by atoms with Gasteiger partial charge >= 0.3 is 0 Å². The predicted octanol–water partition coefficient (Wildman–Crippen LogP) is 1.44. The summed E-state index contributed by atoms with van der Waals surface area (Å²) in [6.45, 7) is 3.48. The van der Waals surface area contributed by atoms with Gasteiger partial charge in [0, 0.05) is 0 Å². The number of amides is 2. The minimum atomic E-state index is -0.488. The molecule has 0 saturated heterocycles. The third-order valence-electron chi connectivity index (χ3n) is 2.70. The molecule has 0 saturated carbocycles. The van der Waals surface area contributed by atoms with Crippen LogP contribution in [0.3, 0.4) is 0 Å². The Labute approximate surface area is 126 Å². The Bertz CT molecular complexity index is 666. The smallest absolute Gasteiger partial charge is 0.287 e. The first-order valence-electron chi connectivity index (χ1n) is 6.37. The number of rotatable bonds is 6. The summed E-state index contributed by atoms with van der Waals surface area (Å²) in [6.07, 6.45) is 1.36. The largest absolute Gasteiger partial charge is 0.459 e. The van der Waals surface area contributed by atoms with Crippen LogP contribution in [0.1, 0.15) is 16.1 Å². The Morgan fingerprint density at radius 1 is 1.14 bits per heavy atom. The van der Waals surface area contributed by atoms with Crippen molar-refractivity contribution in [1.29, 1.82) is 0 Å². The molecule has 2 aromatic rings. The van der Waals surface area contributed by atoms with E-state index in [0.29, 0.717) is 11.3 Å². The molecule has 2 rings (SSSR count). The molecular weight excluding hydrogens is 289 g/mol. The molecular formula is C15H14FN3O3. The highest BCUT2D eigenvalue weighted by molar-refractivity contribution is 5.94. The number of carbonyl (C=O) groups excluding carboxylic acids is 2. The highest BCUT2D eigenvalue weighted by Crippen LogP contribution is 2.09. The topological polar surface area (TPSA) is 83.4 Å². The maximum absolute atomic E-state index is 12.8. The monoisotopic (exact) mass is 303 g/mol. The standard InChI is InChI=1S/C15H14FN3O3/c1-10(11-4-6-12(16)7-5-11)18-19-14(20)9-17-15(21)13-3-2-8-22-13/h2-8,18H,1,9H2,(H,17,21)(H,19,20). The summed E-state index contributed by atoms with van der Waals surface area (Å²) in [6, 6.07) is 8.68. The van der Waals surface area contributed by atoms with Gasteiger partial charge in [0.15, 0.2) is 5.76 Å². The number of halogens is 1. The van der Waals surface area contributed by atoms with Gasteiger partial charge < -0.3 is 9.73 Å². The van der Waals surface area contributed by atoms with Crippen molar-refractivity contribution in [3.63, 3.8) is 0 Å². The first kappa shape index (κ1) is 15.3. The van der Waals surface area contributed by atoms with Crippen LogP contribution < -0.4 is 16.2 Å². The molecule has 0 unspecified atom stereocenters. The minimum Gasteiger partial charge on any atom is -0.459 e. The summed E-state index contributed by atoms with van der Waals surface area (Å²) >= 11 is 0. The van der Waals surface area contributed by atoms with Gasteiger partial charge in [0.1, 0.15) is 5.82 Å². The molecule has 0 bridgehead atoms. The van der Waals surface area contributed by atoms with E-state index in [4.69, 9.17) is 4.42 Å². The van der Waals surface area contributed by atoms with Crippen molar-refractivity contribution in [2.75, 3.05) is 6.54 Å². The first-order valence-corrected chi connectivity index (χ1v) is 6.37. The molecule has 114 valence electrons. The zero-order valence-corrected chi connectivity index (χ0v) is 11.6. The van der Waals surface area contributed by atoms with E-state index < -0.39 is 11.8 Å². The van der Waals surface area contributed by atoms with Gasteiger partial charge in [-0.25, -0.2) is 4.39 Å². The molecule has 2 amide bonds. The second-order valence-electron chi connectivity index (χ2n) is 4.32. The molecule has 0 atom stereocenters. The number of nitrogens with one attached hydrogen (secondary N) is 3. The molecule has 1 heterocycles. The van der Waals surface area contributed by atoms with E-state index in [-0.39, 0.29) is 18.1 Å². The molecule has 0 aliphatic heterocycles. The fraction of sp³-hybridized carbons (Fsp3) is 0.0667. The lowest BCUT2D eigenvalue weighted by atomic mass is 10.2. The normalized spacial score (nSPS) is 9.86. The van der Waals surface area contributed by atoms with Crippen LogP contribution in [0.15, 0.2) is 53.7 Å². The molecule has 1 aromatic heterocycles. The van der Waals surface area contributed by atoms with E-state index in [0.717, 1.165) is 0 Å². The van der Waals surface area contributed by atoms with Crippen LogP contribution in [0.2, 0.25) is 0 Å². The van der Waals surface area contributed by atoms with E-state index in [2.05, 4.69) is 22.7 Å². The Balaban J connectivity index is 1.74. The maximum atomic E-state index is 12.8. The van der Waals surface area contributed by atoms with Crippen LogP contribution >= 0.6 is 0 Å². The zero-order valence-electron chi connectivity index (χ0n) is 11.6. The Kier molecular flexibility index (Phi) is 4.92. The molecule has 1 aromatic carbocycles. The summed E-state index contributed by atoms with van der Waals surface area (Å²) in [4.78, 5) is 23.1. The van der Waals surface area contributed by atoms with Gasteiger partial charge in [0.2, 0.25) is 0 Å². The molecule has 7 heteroatoms. The van der Waals surface area contributed by atoms with E-state index in [9.17, 15) is 14.0 Å². The molecule has 0 aliphatic rings. The summed E-state index contributed by atoms with van der Waals surface area (Å²) in [5.74, 6) is -1.20. The minimum absolute atomic E-state index is 0.122. The Hall–Kier alpha value is -3.09. The molecule has 6 nitrogen and oxygen atoms in total. The van der Waals surface area contributed by atoms with E-state index in [1.54, 1.807) is 6.07 Å². The van der Waals surface area contributed by atoms with Gasteiger partial charge in [-0.1, -0.05) is 6.58 Å². The number of benzene rings is 1. The van der Waals surface area contributed by atoms with Crippen molar-refractivity contribution >= 4 is 17.5 Å². The van der Waals surface area contributed by atoms with Crippen molar-refractivity contribution < 1.29 is 18.4 Å². The predicted molar refractivity (Wildman–Crippen MR) is 77.8 cm³/mol. The average molecular weight is 303 g/mol. The molecule has 0 fully saturated rings. The highest BCUT2D eigenvalue weighted by Gasteiger charge is 2.10. The van der Waals surface area contributed by atoms with Crippen LogP contribution in [0.25, 0.3) is 5.70 Å². The maximum Gasteiger partial charge on any atom is 0.287 e. The van der Waals surface area contributed by atoms with Crippen LogP contribution in [0.4, 0.5) is 4.39 Å². The number of furan rings is 1. The number of hydrogen-bond acceptors (Lipinski definition) is 4. The third-order valence-corrected chi connectivity index (χ3v) is 2.70. The van der Waals surface area contributed by atoms with Crippen LogP contribution in [-0.4, -0.2) is 18.4 Å². The van der Waals surface area contributed by atoms with Gasteiger partial charge in [-0.05, 0) is 42.0 Å². The molecule has 0 radical (unpaired) electrons. The molecule has 3 N–H and O–H groups in total. The number of carbonyl (C=O) groups is 2. The van der Waals surface area contributed by atoms with Gasteiger partial charge in [0.25, 0.3) is 11.8 Å². The van der Waals surface area contributed by atoms with Gasteiger partial charge in [-0.3, -0.25) is 20.4 Å². The van der Waals surface area contributed by atoms with E-state index in [1.165, 1.54) is 36.6 Å². The average Bonchev–Trinajstić information content (AvgIpc) is 3.05. The van der Waals surface area contributed by atoms with Crippen molar-refractivity contribution in [3.8, 4) is 0 Å². The van der Waals surface area contributed by atoms with Gasteiger partial charge in [0.05, 0.1) is 18.5 Å². The quantitative estimate of drug-likeness (QED) is 0.705. The second-order valence-corrected chi connectivity index (χ2v) is 4.32. The van der Waals surface area contributed by atoms with Crippen molar-refractivity contribution in [2.45, 2.75) is 0 Å². The number of hydrazine groups is 1. The lowest BCUT2D eigenvalue weighted by Gasteiger charge is -2.11. The molecule has 22 heavy (non-hydrogen) atoms. The first-order chi connectivity index (χ1) is 10.6. The van der Waals surface area contributed by atoms with Gasteiger partial charge in [-0.15, -0.1) is 0 Å². The fourth-order valence-electron chi connectivity index (χ4n) is 1.57. The van der Waals surface area contributed by atoms with Crippen LogP contribution in [0.5, 0.6) is 0 Å². The van der Waals surface area contributed by atoms with Crippen molar-refractivity contribution in [1.82, 2.24) is 16.2 Å². The Morgan fingerprint density at radius 2 is 1.86 bits per heavy atom. The zero-order chi connectivity index (χ0) is 15.9. The Morgan fingerprint density at radius 3 is 2.50 bits per heavy atom. The summed E-state index contributed by atoms with van der Waals surface area (Å²) < 4.78 is 17.7. The van der Waals surface area contributed by atoms with Crippen LogP contribution in [0, 0.1) is 5.82 Å². The summed E-state index contributed by atoms with van der Waals surface area (Å²) in [5, 5.41) is 2.39. The third kappa shape index (κ3) is 4.20. The van der Waals surface area contributed by atoms with E-state index >= 15 is 0 Å². The fourth-order valence-corrected chi connectivity index (χ4v) is 1.57. The lowest BCUT2D eigenvalue weighted by molar-refractivity contribution is -0.120. The molecule has 0 spiro atoms. The van der Waals surface area contributed by atoms with Crippen molar-refractivity contribution in [3.05, 3.63) is 66.4 Å². The van der Waals surface area contributed by atoms with Crippen molar-refractivity contribution in [2.24, 2.45) is 0 Å². The lowest BCUT2D eigenvalue weighted by Crippen LogP contribution is -2.42. The van der Waals surface area contributed by atoms with Crippen LogP contribution in [-0.2, 0) is 4.79 Å². The highest BCUT2D eigenvalue weighted by atomic mass is 19.1. The SMILES string of the molecule is C=C(NNC(=O)CNC(=O)c1ccco1)c1ccc(F)cc1. The molecule has 0 aliphatic carbocycles.